The number of hydrogen-bond donors (Lipinski definition) is 1. The smallest absolute Gasteiger partial charge is 0.138 e. The number of H-pyrrole nitrogens is 1. The Kier molecular flexibility index (Phi) is 2.11. The van der Waals surface area contributed by atoms with E-state index in [2.05, 4.69) is 26.3 Å². The molecule has 0 aliphatic heterocycles. The molecular weight excluding hydrogens is 212 g/mol. The van der Waals surface area contributed by atoms with Gasteiger partial charge >= 0.3 is 0 Å². The molecule has 0 amide bonds. The highest BCUT2D eigenvalue weighted by molar-refractivity contribution is 6.32. The minimum atomic E-state index is 0.904. The summed E-state index contributed by atoms with van der Waals surface area (Å²) in [4.78, 5) is 7.85. The predicted octanol–water partition coefficient (Wildman–Crippen LogP) is 2.02. The first-order valence-electron chi connectivity index (χ1n) is 5.10. The first kappa shape index (κ1) is 9.36. The average Bonchev–Trinajstić information content (AvgIpc) is 2.72. The normalized spacial score (nSPS) is 10.8. The van der Waals surface area contributed by atoms with Crippen LogP contribution in [-0.4, -0.2) is 20.2 Å². The minimum absolute atomic E-state index is 0.904. The molecule has 0 aliphatic rings. The molecule has 0 fully saturated rings. The molecule has 0 spiro atoms. The lowest BCUT2D eigenvalue weighted by Crippen LogP contribution is -2.00. The quantitative estimate of drug-likeness (QED) is 0.626. The minimum Gasteiger partial charge on any atom is -0.338 e. The van der Waals surface area contributed by atoms with E-state index < -0.39 is 0 Å². The van der Waals surface area contributed by atoms with Crippen LogP contribution in [0.15, 0.2) is 48.5 Å². The Morgan fingerprint density at radius 3 is 2.69 bits per heavy atom. The van der Waals surface area contributed by atoms with Crippen LogP contribution in [0, 0.1) is 0 Å². The van der Waals surface area contributed by atoms with Gasteiger partial charge in [0.05, 0.1) is 21.3 Å². The maximum absolute atomic E-state index is 4.55. The zero-order valence-corrected chi connectivity index (χ0v) is 9.57. The first-order chi connectivity index (χ1) is 7.83. The fourth-order valence-corrected chi connectivity index (χ4v) is 2.01. The van der Waals surface area contributed by atoms with Crippen molar-refractivity contribution in [3.8, 4) is 11.4 Å². The molecular formula is C13H9N2Si. The van der Waals surface area contributed by atoms with E-state index in [0.717, 1.165) is 27.6 Å². The van der Waals surface area contributed by atoms with Crippen LogP contribution in [0.5, 0.6) is 0 Å². The molecule has 3 aromatic rings. The van der Waals surface area contributed by atoms with Gasteiger partial charge in [0, 0.05) is 5.56 Å². The second-order valence-corrected chi connectivity index (χ2v) is 4.26. The molecule has 1 aromatic heterocycles. The van der Waals surface area contributed by atoms with E-state index in [1.54, 1.807) is 0 Å². The molecule has 0 saturated carbocycles. The van der Waals surface area contributed by atoms with Gasteiger partial charge in [0.2, 0.25) is 0 Å². The van der Waals surface area contributed by atoms with Crippen LogP contribution in [0.3, 0.4) is 0 Å². The van der Waals surface area contributed by atoms with Crippen molar-refractivity contribution in [1.29, 1.82) is 0 Å². The number of aromatic amines is 1. The Hall–Kier alpha value is -1.87. The largest absolute Gasteiger partial charge is 0.338 e. The molecule has 1 N–H and O–H groups in total. The number of hydrogen-bond acceptors (Lipinski definition) is 1. The van der Waals surface area contributed by atoms with Crippen LogP contribution in [0.25, 0.3) is 22.4 Å². The molecule has 0 unspecified atom stereocenters. The van der Waals surface area contributed by atoms with Gasteiger partial charge in [0.1, 0.15) is 5.82 Å². The number of aromatic nitrogens is 2. The summed E-state index contributed by atoms with van der Waals surface area (Å²) in [7, 11) is 3.51. The van der Waals surface area contributed by atoms with Gasteiger partial charge in [-0.05, 0) is 12.1 Å². The maximum Gasteiger partial charge on any atom is 0.138 e. The summed E-state index contributed by atoms with van der Waals surface area (Å²) in [6.07, 6.45) is 0. The number of nitrogens with zero attached hydrogens (tertiary/aromatic N) is 1. The Bertz CT molecular complexity index is 610. The standard InChI is InChI=1S/C13H9N2Si/c16-10-5-3-4-9(8-10)13-14-11-6-1-2-7-12(11)15-13/h1-8H,(H,14,15). The number of benzene rings is 2. The monoisotopic (exact) mass is 221 g/mol. The summed E-state index contributed by atoms with van der Waals surface area (Å²) in [5.41, 5.74) is 3.15. The van der Waals surface area contributed by atoms with Crippen LogP contribution >= 0.6 is 0 Å². The highest BCUT2D eigenvalue weighted by atomic mass is 28.1. The zero-order chi connectivity index (χ0) is 11.0. The van der Waals surface area contributed by atoms with Crippen molar-refractivity contribution in [3.63, 3.8) is 0 Å². The van der Waals surface area contributed by atoms with Crippen LogP contribution in [0.4, 0.5) is 0 Å². The average molecular weight is 221 g/mol. The van der Waals surface area contributed by atoms with Crippen molar-refractivity contribution in [2.24, 2.45) is 0 Å². The van der Waals surface area contributed by atoms with Crippen molar-refractivity contribution in [3.05, 3.63) is 48.5 Å². The van der Waals surface area contributed by atoms with E-state index in [4.69, 9.17) is 0 Å². The second kappa shape index (κ2) is 3.61. The molecule has 16 heavy (non-hydrogen) atoms. The number of imidazole rings is 1. The summed E-state index contributed by atoms with van der Waals surface area (Å²) in [6, 6.07) is 16.1. The fourth-order valence-electron chi connectivity index (χ4n) is 1.76. The molecule has 0 aliphatic carbocycles. The molecule has 0 atom stereocenters. The summed E-state index contributed by atoms with van der Waals surface area (Å²) in [5.74, 6) is 0.904. The van der Waals surface area contributed by atoms with Crippen molar-refractivity contribution in [1.82, 2.24) is 9.97 Å². The van der Waals surface area contributed by atoms with Crippen LogP contribution in [0.1, 0.15) is 0 Å². The third-order valence-electron chi connectivity index (χ3n) is 2.53. The van der Waals surface area contributed by atoms with Crippen molar-refractivity contribution >= 4 is 26.5 Å². The topological polar surface area (TPSA) is 28.7 Å². The first-order valence-corrected chi connectivity index (χ1v) is 5.60. The zero-order valence-electron chi connectivity index (χ0n) is 8.57. The summed E-state index contributed by atoms with van der Waals surface area (Å²) in [5, 5.41) is 1.05. The van der Waals surface area contributed by atoms with Gasteiger partial charge in [-0.2, -0.15) is 0 Å². The van der Waals surface area contributed by atoms with Crippen molar-refractivity contribution in [2.45, 2.75) is 0 Å². The van der Waals surface area contributed by atoms with Gasteiger partial charge in [-0.15, -0.1) is 0 Å². The van der Waals surface area contributed by atoms with E-state index in [1.807, 2.05) is 42.5 Å². The maximum atomic E-state index is 4.55. The molecule has 2 aromatic carbocycles. The van der Waals surface area contributed by atoms with Crippen molar-refractivity contribution in [2.75, 3.05) is 0 Å². The molecule has 0 saturated heterocycles. The molecule has 1 heterocycles. The highest BCUT2D eigenvalue weighted by Crippen LogP contribution is 2.18. The predicted molar refractivity (Wildman–Crippen MR) is 66.9 cm³/mol. The lowest BCUT2D eigenvalue weighted by Gasteiger charge is -1.97. The lowest BCUT2D eigenvalue weighted by atomic mass is 10.2. The second-order valence-electron chi connectivity index (χ2n) is 3.68. The lowest BCUT2D eigenvalue weighted by molar-refractivity contribution is 1.34. The Morgan fingerprint density at radius 1 is 1.00 bits per heavy atom. The van der Waals surface area contributed by atoms with E-state index in [1.165, 1.54) is 0 Å². The van der Waals surface area contributed by atoms with Crippen LogP contribution in [0.2, 0.25) is 0 Å². The van der Waals surface area contributed by atoms with Gasteiger partial charge in [-0.25, -0.2) is 4.98 Å². The van der Waals surface area contributed by atoms with Gasteiger partial charge in [0.15, 0.2) is 0 Å². The molecule has 0 bridgehead atoms. The summed E-state index contributed by atoms with van der Waals surface area (Å²) in [6.45, 7) is 0. The third kappa shape index (κ3) is 1.55. The molecule has 3 heteroatoms. The third-order valence-corrected chi connectivity index (χ3v) is 2.84. The van der Waals surface area contributed by atoms with Crippen molar-refractivity contribution < 1.29 is 0 Å². The Labute approximate surface area is 96.8 Å². The Balaban J connectivity index is 2.19. The highest BCUT2D eigenvalue weighted by Gasteiger charge is 2.03. The van der Waals surface area contributed by atoms with Gasteiger partial charge in [-0.3, -0.25) is 0 Å². The molecule has 75 valence electrons. The van der Waals surface area contributed by atoms with E-state index >= 15 is 0 Å². The SMILES string of the molecule is [Si]c1cccc(-c2nc3ccccc3[nH]2)c1. The summed E-state index contributed by atoms with van der Waals surface area (Å²) >= 11 is 0. The fraction of sp³-hybridized carbons (Fsp3) is 0. The number of fused-ring (bicyclic) bond motifs is 1. The van der Waals surface area contributed by atoms with Crippen LogP contribution in [-0.2, 0) is 0 Å². The summed E-state index contributed by atoms with van der Waals surface area (Å²) < 4.78 is 0. The van der Waals surface area contributed by atoms with Gasteiger partial charge in [-0.1, -0.05) is 41.6 Å². The van der Waals surface area contributed by atoms with Gasteiger partial charge in [0.25, 0.3) is 0 Å². The van der Waals surface area contributed by atoms with Gasteiger partial charge < -0.3 is 4.98 Å². The van der Waals surface area contributed by atoms with E-state index in [0.29, 0.717) is 0 Å². The number of para-hydroxylation sites is 2. The van der Waals surface area contributed by atoms with E-state index in [9.17, 15) is 0 Å². The van der Waals surface area contributed by atoms with E-state index in [-0.39, 0.29) is 0 Å². The van der Waals surface area contributed by atoms with Crippen LogP contribution < -0.4 is 5.19 Å². The Morgan fingerprint density at radius 2 is 1.88 bits per heavy atom. The molecule has 2 nitrogen and oxygen atoms in total. The molecule has 3 rings (SSSR count). The number of nitrogens with one attached hydrogen (secondary N) is 1. The number of rotatable bonds is 1. The molecule has 3 radical (unpaired) electrons.